The normalized spacial score (nSPS) is 21.7. The summed E-state index contributed by atoms with van der Waals surface area (Å²) in [6, 6.07) is 4.29. The SMILES string of the molecule is C[C@H]1CCC[C@H](C)N1C(=O)Cn1ncn2c(cc3ccsc32)c1=O. The largest absolute Gasteiger partial charge is 0.336 e. The van der Waals surface area contributed by atoms with Crippen molar-refractivity contribution < 1.29 is 4.79 Å². The maximum absolute atomic E-state index is 12.7. The fourth-order valence-electron chi connectivity index (χ4n) is 3.76. The molecule has 6 nitrogen and oxygen atoms in total. The number of nitrogens with zero attached hydrogens (tertiary/aromatic N) is 4. The van der Waals surface area contributed by atoms with Crippen LogP contribution in [-0.2, 0) is 11.3 Å². The molecule has 2 atom stereocenters. The summed E-state index contributed by atoms with van der Waals surface area (Å²) in [5, 5.41) is 7.24. The van der Waals surface area contributed by atoms with E-state index in [1.807, 2.05) is 22.4 Å². The molecule has 0 saturated carbocycles. The highest BCUT2D eigenvalue weighted by molar-refractivity contribution is 7.16. The van der Waals surface area contributed by atoms with Crippen molar-refractivity contribution in [2.24, 2.45) is 0 Å². The number of fused-ring (bicyclic) bond motifs is 3. The summed E-state index contributed by atoms with van der Waals surface area (Å²) < 4.78 is 3.09. The third kappa shape index (κ3) is 2.34. The van der Waals surface area contributed by atoms with Crippen LogP contribution in [0.4, 0.5) is 0 Å². The number of carbonyl (C=O) groups excluding carboxylic acids is 1. The van der Waals surface area contributed by atoms with Crippen LogP contribution in [0.5, 0.6) is 0 Å². The van der Waals surface area contributed by atoms with Gasteiger partial charge in [0.1, 0.15) is 23.2 Å². The van der Waals surface area contributed by atoms with Gasteiger partial charge in [-0.15, -0.1) is 11.3 Å². The summed E-state index contributed by atoms with van der Waals surface area (Å²) in [5.74, 6) is -0.0259. The molecule has 0 aromatic carbocycles. The number of rotatable bonds is 2. The zero-order chi connectivity index (χ0) is 16.8. The summed E-state index contributed by atoms with van der Waals surface area (Å²) in [7, 11) is 0. The molecular weight excluding hydrogens is 324 g/mol. The maximum Gasteiger partial charge on any atom is 0.291 e. The molecule has 1 amide bonds. The Morgan fingerprint density at radius 1 is 1.33 bits per heavy atom. The molecule has 7 heteroatoms. The van der Waals surface area contributed by atoms with Gasteiger partial charge < -0.3 is 4.90 Å². The highest BCUT2D eigenvalue weighted by Crippen LogP contribution is 2.24. The average Bonchev–Trinajstić information content (AvgIpc) is 3.11. The number of aromatic nitrogens is 3. The fourth-order valence-corrected chi connectivity index (χ4v) is 4.62. The van der Waals surface area contributed by atoms with Gasteiger partial charge in [-0.2, -0.15) is 5.10 Å². The molecule has 0 unspecified atom stereocenters. The Kier molecular flexibility index (Phi) is 3.68. The summed E-state index contributed by atoms with van der Waals surface area (Å²) >= 11 is 1.57. The highest BCUT2D eigenvalue weighted by atomic mass is 32.1. The van der Waals surface area contributed by atoms with Crippen LogP contribution in [0.25, 0.3) is 15.7 Å². The quantitative estimate of drug-likeness (QED) is 0.718. The molecule has 1 aliphatic heterocycles. The molecule has 0 spiro atoms. The molecule has 1 saturated heterocycles. The van der Waals surface area contributed by atoms with Crippen molar-refractivity contribution in [2.75, 3.05) is 0 Å². The number of carbonyl (C=O) groups is 1. The molecule has 3 aromatic rings. The Labute approximate surface area is 143 Å². The molecule has 3 aromatic heterocycles. The van der Waals surface area contributed by atoms with E-state index in [2.05, 4.69) is 18.9 Å². The number of likely N-dealkylation sites (tertiary alicyclic amines) is 1. The lowest BCUT2D eigenvalue weighted by Gasteiger charge is -2.39. The van der Waals surface area contributed by atoms with Gasteiger partial charge in [0.2, 0.25) is 5.91 Å². The molecular formula is C17H20N4O2S. The van der Waals surface area contributed by atoms with Gasteiger partial charge >= 0.3 is 0 Å². The van der Waals surface area contributed by atoms with E-state index in [1.165, 1.54) is 4.68 Å². The van der Waals surface area contributed by atoms with Gasteiger partial charge in [-0.1, -0.05) is 0 Å². The Morgan fingerprint density at radius 2 is 2.08 bits per heavy atom. The van der Waals surface area contributed by atoms with Crippen molar-refractivity contribution in [3.05, 3.63) is 34.2 Å². The van der Waals surface area contributed by atoms with Gasteiger partial charge in [0.05, 0.1) is 0 Å². The maximum atomic E-state index is 12.7. The number of hydrogen-bond donors (Lipinski definition) is 0. The van der Waals surface area contributed by atoms with Crippen molar-refractivity contribution in [2.45, 2.75) is 51.7 Å². The van der Waals surface area contributed by atoms with Crippen LogP contribution in [0.1, 0.15) is 33.1 Å². The molecule has 4 rings (SSSR count). The summed E-state index contributed by atoms with van der Waals surface area (Å²) in [6.45, 7) is 4.16. The monoisotopic (exact) mass is 344 g/mol. The second-order valence-corrected chi connectivity index (χ2v) is 7.50. The Bertz CT molecular complexity index is 960. The van der Waals surface area contributed by atoms with Gasteiger partial charge in [0, 0.05) is 17.5 Å². The molecule has 0 N–H and O–H groups in total. The minimum atomic E-state index is -0.216. The van der Waals surface area contributed by atoms with Crippen molar-refractivity contribution in [1.82, 2.24) is 19.1 Å². The minimum absolute atomic E-state index is 0.00282. The predicted octanol–water partition coefficient (Wildman–Crippen LogP) is 2.50. The molecule has 1 aliphatic rings. The number of amides is 1. The highest BCUT2D eigenvalue weighted by Gasteiger charge is 2.29. The first kappa shape index (κ1) is 15.4. The molecule has 1 fully saturated rings. The Morgan fingerprint density at radius 3 is 2.83 bits per heavy atom. The van der Waals surface area contributed by atoms with Gasteiger partial charge in [-0.25, -0.2) is 4.68 Å². The second kappa shape index (κ2) is 5.73. The molecule has 0 aliphatic carbocycles. The first-order valence-electron chi connectivity index (χ1n) is 8.32. The predicted molar refractivity (Wildman–Crippen MR) is 94.5 cm³/mol. The molecule has 126 valence electrons. The van der Waals surface area contributed by atoms with Crippen LogP contribution in [0.3, 0.4) is 0 Å². The van der Waals surface area contributed by atoms with E-state index in [-0.39, 0.29) is 30.1 Å². The lowest BCUT2D eigenvalue weighted by Crippen LogP contribution is -2.49. The Hall–Kier alpha value is -2.15. The van der Waals surface area contributed by atoms with E-state index in [0.29, 0.717) is 5.52 Å². The molecule has 24 heavy (non-hydrogen) atoms. The van der Waals surface area contributed by atoms with E-state index in [0.717, 1.165) is 29.5 Å². The van der Waals surface area contributed by atoms with Crippen LogP contribution < -0.4 is 5.56 Å². The first-order chi connectivity index (χ1) is 11.6. The first-order valence-corrected chi connectivity index (χ1v) is 9.20. The van der Waals surface area contributed by atoms with Crippen LogP contribution in [-0.4, -0.2) is 37.1 Å². The molecule has 0 radical (unpaired) electrons. The van der Waals surface area contributed by atoms with Gasteiger partial charge in [-0.05, 0) is 50.6 Å². The molecule has 4 heterocycles. The van der Waals surface area contributed by atoms with E-state index < -0.39 is 0 Å². The van der Waals surface area contributed by atoms with Crippen molar-refractivity contribution >= 4 is 33.0 Å². The average molecular weight is 344 g/mol. The third-order valence-electron chi connectivity index (χ3n) is 4.97. The van der Waals surface area contributed by atoms with Gasteiger partial charge in [-0.3, -0.25) is 14.0 Å². The summed E-state index contributed by atoms with van der Waals surface area (Å²) in [5.41, 5.74) is 0.353. The van der Waals surface area contributed by atoms with E-state index >= 15 is 0 Å². The smallest absolute Gasteiger partial charge is 0.291 e. The van der Waals surface area contributed by atoms with Crippen LogP contribution in [0, 0.1) is 0 Å². The zero-order valence-corrected chi connectivity index (χ0v) is 14.6. The molecule has 0 bridgehead atoms. The van der Waals surface area contributed by atoms with Crippen LogP contribution >= 0.6 is 11.3 Å². The second-order valence-electron chi connectivity index (χ2n) is 6.60. The van der Waals surface area contributed by atoms with E-state index in [4.69, 9.17) is 0 Å². The van der Waals surface area contributed by atoms with Crippen molar-refractivity contribution in [3.63, 3.8) is 0 Å². The third-order valence-corrected chi connectivity index (χ3v) is 5.90. The number of piperidine rings is 1. The number of thiophene rings is 1. The lowest BCUT2D eigenvalue weighted by atomic mass is 9.97. The van der Waals surface area contributed by atoms with E-state index in [1.54, 1.807) is 22.1 Å². The summed E-state index contributed by atoms with van der Waals surface area (Å²) in [4.78, 5) is 28.3. The van der Waals surface area contributed by atoms with Crippen molar-refractivity contribution in [3.8, 4) is 0 Å². The summed E-state index contributed by atoms with van der Waals surface area (Å²) in [6.07, 6.45) is 4.82. The lowest BCUT2D eigenvalue weighted by molar-refractivity contribution is -0.138. The van der Waals surface area contributed by atoms with Gasteiger partial charge in [0.25, 0.3) is 5.56 Å². The van der Waals surface area contributed by atoms with E-state index in [9.17, 15) is 9.59 Å². The topological polar surface area (TPSA) is 59.6 Å². The Balaban J connectivity index is 1.68. The van der Waals surface area contributed by atoms with Crippen LogP contribution in [0.2, 0.25) is 0 Å². The minimum Gasteiger partial charge on any atom is -0.336 e. The van der Waals surface area contributed by atoms with Crippen LogP contribution in [0.15, 0.2) is 28.6 Å². The standard InChI is InChI=1S/C17H20N4O2S/c1-11-4-3-5-12(2)21(11)15(22)9-20-16(23)14-8-13-6-7-24-17(13)19(14)10-18-20/h6-8,10-12H,3-5,9H2,1-2H3/t11-,12-/m0/s1. The zero-order valence-electron chi connectivity index (χ0n) is 13.8. The fraction of sp³-hybridized carbons (Fsp3) is 0.471. The van der Waals surface area contributed by atoms with Crippen molar-refractivity contribution in [1.29, 1.82) is 0 Å². The number of hydrogen-bond acceptors (Lipinski definition) is 4. The van der Waals surface area contributed by atoms with Gasteiger partial charge in [0.15, 0.2) is 0 Å².